The summed E-state index contributed by atoms with van der Waals surface area (Å²) in [6.07, 6.45) is -5.29. The van der Waals surface area contributed by atoms with E-state index in [1.165, 1.54) is 26.1 Å². The molecule has 11 heteroatoms. The summed E-state index contributed by atoms with van der Waals surface area (Å²) in [7, 11) is 0. The Morgan fingerprint density at radius 2 is 1.89 bits per heavy atom. The molecule has 2 aliphatic heterocycles. The first-order chi connectivity index (χ1) is 17.7. The maximum atomic E-state index is 14.3. The number of alkyl halides is 3. The van der Waals surface area contributed by atoms with E-state index in [0.29, 0.717) is 12.3 Å². The molecule has 1 amide bonds. The Kier molecular flexibility index (Phi) is 7.50. The van der Waals surface area contributed by atoms with Gasteiger partial charge in [-0.05, 0) is 52.8 Å². The number of anilines is 1. The number of aromatic nitrogens is 1. The first-order valence-corrected chi connectivity index (χ1v) is 12.4. The molecule has 0 bridgehead atoms. The van der Waals surface area contributed by atoms with Crippen molar-refractivity contribution < 1.29 is 41.3 Å². The van der Waals surface area contributed by atoms with Crippen LogP contribution in [0.5, 0.6) is 5.75 Å². The summed E-state index contributed by atoms with van der Waals surface area (Å²) < 4.78 is 79.5. The molecule has 0 spiro atoms. The van der Waals surface area contributed by atoms with Crippen molar-refractivity contribution in [3.05, 3.63) is 53.1 Å². The molecule has 0 aliphatic carbocycles. The van der Waals surface area contributed by atoms with Crippen LogP contribution in [0, 0.1) is 18.7 Å². The second kappa shape index (κ2) is 10.1. The Morgan fingerprint density at radius 1 is 1.18 bits per heavy atom. The van der Waals surface area contributed by atoms with Crippen LogP contribution in [0.1, 0.15) is 63.5 Å². The van der Waals surface area contributed by atoms with Gasteiger partial charge in [-0.25, -0.2) is 4.39 Å². The first kappa shape index (κ1) is 28.3. The van der Waals surface area contributed by atoms with E-state index in [9.17, 15) is 22.4 Å². The van der Waals surface area contributed by atoms with E-state index in [4.69, 9.17) is 18.9 Å². The number of pyridine rings is 1. The Morgan fingerprint density at radius 3 is 2.45 bits per heavy atom. The van der Waals surface area contributed by atoms with E-state index in [1.807, 2.05) is 0 Å². The van der Waals surface area contributed by atoms with Crippen molar-refractivity contribution in [3.63, 3.8) is 0 Å². The maximum absolute atomic E-state index is 14.3. The molecule has 1 N–H and O–H groups in total. The number of amides is 1. The number of ether oxygens (including phenoxy) is 4. The van der Waals surface area contributed by atoms with E-state index in [1.54, 1.807) is 32.9 Å². The smallest absolute Gasteiger partial charge is 0.417 e. The number of hydrogen-bond acceptors (Lipinski definition) is 6. The number of carbonyl (C=O) groups excluding carboxylic acids is 1. The van der Waals surface area contributed by atoms with Gasteiger partial charge in [-0.1, -0.05) is 13.0 Å². The summed E-state index contributed by atoms with van der Waals surface area (Å²) >= 11 is 0. The van der Waals surface area contributed by atoms with Gasteiger partial charge < -0.3 is 24.3 Å². The molecule has 1 aromatic heterocycles. The fourth-order valence-corrected chi connectivity index (χ4v) is 5.03. The van der Waals surface area contributed by atoms with Crippen molar-refractivity contribution in [1.82, 2.24) is 4.98 Å². The van der Waals surface area contributed by atoms with E-state index in [0.717, 1.165) is 13.0 Å². The molecule has 0 saturated carbocycles. The Labute approximate surface area is 218 Å². The summed E-state index contributed by atoms with van der Waals surface area (Å²) in [4.78, 5) is 17.7. The van der Waals surface area contributed by atoms with E-state index >= 15 is 0 Å². The second-order valence-corrected chi connectivity index (χ2v) is 10.3. The zero-order chi connectivity index (χ0) is 28.0. The summed E-state index contributed by atoms with van der Waals surface area (Å²) in [6, 6.07) is 5.76. The van der Waals surface area contributed by atoms with Crippen LogP contribution in [0.25, 0.3) is 0 Å². The molecule has 1 aromatic carbocycles. The third-order valence-corrected chi connectivity index (χ3v) is 7.34. The fourth-order valence-electron chi connectivity index (χ4n) is 5.03. The first-order valence-electron chi connectivity index (χ1n) is 12.4. The van der Waals surface area contributed by atoms with Crippen LogP contribution in [-0.4, -0.2) is 47.8 Å². The van der Waals surface area contributed by atoms with Crippen LogP contribution in [0.15, 0.2) is 30.5 Å². The van der Waals surface area contributed by atoms with Gasteiger partial charge in [0.15, 0.2) is 11.4 Å². The molecule has 38 heavy (non-hydrogen) atoms. The molecule has 2 fully saturated rings. The lowest BCUT2D eigenvalue weighted by Gasteiger charge is -2.32. The van der Waals surface area contributed by atoms with Gasteiger partial charge in [0.2, 0.25) is 0 Å². The molecular formula is C27H32F4N2O5. The highest BCUT2D eigenvalue weighted by Gasteiger charge is 2.65. The van der Waals surface area contributed by atoms with Crippen molar-refractivity contribution >= 4 is 11.6 Å². The monoisotopic (exact) mass is 540 g/mol. The lowest BCUT2D eigenvalue weighted by Crippen LogP contribution is -2.47. The predicted octanol–water partition coefficient (Wildman–Crippen LogP) is 5.83. The van der Waals surface area contributed by atoms with E-state index < -0.39 is 47.2 Å². The molecular weight excluding hydrogens is 508 g/mol. The zero-order valence-corrected chi connectivity index (χ0v) is 22.1. The Bertz CT molecular complexity index is 1190. The molecule has 3 heterocycles. The molecule has 2 aliphatic rings. The lowest BCUT2D eigenvalue weighted by molar-refractivity contribution is -0.272. The molecule has 7 nitrogen and oxygen atoms in total. The molecule has 2 saturated heterocycles. The number of nitrogens with zero attached hydrogens (tertiary/aromatic N) is 1. The fraction of sp³-hybridized carbons (Fsp3) is 0.556. The van der Waals surface area contributed by atoms with Crippen molar-refractivity contribution in [2.45, 2.75) is 77.2 Å². The van der Waals surface area contributed by atoms with Crippen LogP contribution in [0.2, 0.25) is 0 Å². The minimum atomic E-state index is -4.76. The zero-order valence-electron chi connectivity index (χ0n) is 22.1. The van der Waals surface area contributed by atoms with Crippen LogP contribution in [0.3, 0.4) is 0 Å². The molecule has 2 aromatic rings. The molecule has 208 valence electrons. The van der Waals surface area contributed by atoms with Crippen LogP contribution in [-0.2, 0) is 19.0 Å². The minimum Gasteiger partial charge on any atom is -0.493 e. The van der Waals surface area contributed by atoms with Gasteiger partial charge in [-0.15, -0.1) is 0 Å². The normalized spacial score (nSPS) is 28.9. The summed E-state index contributed by atoms with van der Waals surface area (Å²) in [5.41, 5.74) is -1.34. The maximum Gasteiger partial charge on any atom is 0.417 e. The SMILES string of the molecule is CCOc1c(C2C(C(=O)Nc3ccc(C4COC(C)(C)O4)nc3)OC(C)(C(F)(F)F)C2C)ccc(F)c1C. The second-order valence-electron chi connectivity index (χ2n) is 10.3. The van der Waals surface area contributed by atoms with Gasteiger partial charge >= 0.3 is 6.18 Å². The van der Waals surface area contributed by atoms with Gasteiger partial charge in [0.05, 0.1) is 30.8 Å². The average molecular weight is 541 g/mol. The van der Waals surface area contributed by atoms with Crippen LogP contribution in [0.4, 0.5) is 23.2 Å². The summed E-state index contributed by atoms with van der Waals surface area (Å²) in [5.74, 6) is -4.23. The Hall–Kier alpha value is -2.76. The van der Waals surface area contributed by atoms with Gasteiger partial charge in [0, 0.05) is 23.0 Å². The van der Waals surface area contributed by atoms with Crippen molar-refractivity contribution in [2.75, 3.05) is 18.5 Å². The third kappa shape index (κ3) is 5.11. The standard InChI is InChI=1S/C27H32F4N2O5/c1-7-35-22-14(2)18(28)10-9-17(22)21-15(3)26(6,27(29,30)31)38-23(21)24(34)33-16-8-11-19(32-12-16)20-13-36-25(4,5)37-20/h8-12,15,20-21,23H,7,13H2,1-6H3,(H,33,34). The molecule has 5 unspecified atom stereocenters. The number of halogens is 4. The van der Waals surface area contributed by atoms with Gasteiger partial charge in [0.1, 0.15) is 23.8 Å². The molecule has 4 rings (SSSR count). The number of nitrogens with one attached hydrogen (secondary N) is 1. The van der Waals surface area contributed by atoms with Gasteiger partial charge in [-0.3, -0.25) is 9.78 Å². The van der Waals surface area contributed by atoms with Gasteiger partial charge in [0.25, 0.3) is 5.91 Å². The average Bonchev–Trinajstić information content (AvgIpc) is 3.34. The number of hydrogen-bond donors (Lipinski definition) is 1. The van der Waals surface area contributed by atoms with Crippen molar-refractivity contribution in [3.8, 4) is 5.75 Å². The van der Waals surface area contributed by atoms with Crippen molar-refractivity contribution in [2.24, 2.45) is 5.92 Å². The number of rotatable bonds is 6. The van der Waals surface area contributed by atoms with Crippen molar-refractivity contribution in [1.29, 1.82) is 0 Å². The predicted molar refractivity (Wildman–Crippen MR) is 130 cm³/mol. The highest BCUT2D eigenvalue weighted by molar-refractivity contribution is 5.95. The van der Waals surface area contributed by atoms with Gasteiger partial charge in [-0.2, -0.15) is 13.2 Å². The quantitative estimate of drug-likeness (QED) is 0.465. The summed E-state index contributed by atoms with van der Waals surface area (Å²) in [5, 5.41) is 2.62. The Balaban J connectivity index is 1.65. The molecule has 0 radical (unpaired) electrons. The highest BCUT2D eigenvalue weighted by Crippen LogP contribution is 2.55. The highest BCUT2D eigenvalue weighted by atomic mass is 19.4. The number of carbonyl (C=O) groups is 1. The lowest BCUT2D eigenvalue weighted by atomic mass is 9.76. The minimum absolute atomic E-state index is 0.116. The van der Waals surface area contributed by atoms with Crippen LogP contribution >= 0.6 is 0 Å². The van der Waals surface area contributed by atoms with E-state index in [2.05, 4.69) is 10.3 Å². The topological polar surface area (TPSA) is 78.9 Å². The summed E-state index contributed by atoms with van der Waals surface area (Å²) in [6.45, 7) is 9.53. The number of benzene rings is 1. The molecule has 5 atom stereocenters. The third-order valence-electron chi connectivity index (χ3n) is 7.34. The largest absolute Gasteiger partial charge is 0.493 e. The van der Waals surface area contributed by atoms with Crippen LogP contribution < -0.4 is 10.1 Å². The van der Waals surface area contributed by atoms with E-state index in [-0.39, 0.29) is 35.3 Å².